The number of Topliss-reactive ketones (excluding diaryl/α,β-unsaturated/α-hetero) is 1. The van der Waals surface area contributed by atoms with Crippen LogP contribution in [0.3, 0.4) is 0 Å². The highest BCUT2D eigenvalue weighted by molar-refractivity contribution is 5.88. The van der Waals surface area contributed by atoms with Gasteiger partial charge in [0.1, 0.15) is 11.7 Å². The van der Waals surface area contributed by atoms with Crippen molar-refractivity contribution in [3.05, 3.63) is 0 Å². The third-order valence-corrected chi connectivity index (χ3v) is 2.86. The first-order chi connectivity index (χ1) is 6.28. The number of carbonyl (C=O) groups is 2. The second-order valence-corrected chi connectivity index (χ2v) is 3.70. The smallest absolute Gasteiger partial charge is 0.207 e. The number of ether oxygens (including phenoxy) is 1. The highest BCUT2D eigenvalue weighted by Gasteiger charge is 2.60. The third-order valence-electron chi connectivity index (χ3n) is 2.86. The highest BCUT2D eigenvalue weighted by Crippen LogP contribution is 2.48. The summed E-state index contributed by atoms with van der Waals surface area (Å²) in [7, 11) is 0. The Morgan fingerprint density at radius 3 is 3.31 bits per heavy atom. The zero-order valence-electron chi connectivity index (χ0n) is 7.41. The lowest BCUT2D eigenvalue weighted by Gasteiger charge is -2.15. The predicted molar refractivity (Wildman–Crippen MR) is 45.1 cm³/mol. The Morgan fingerprint density at radius 2 is 2.54 bits per heavy atom. The van der Waals surface area contributed by atoms with Crippen LogP contribution in [0.5, 0.6) is 0 Å². The molecule has 0 spiro atoms. The molecular formula is C9H13NO3. The van der Waals surface area contributed by atoms with Gasteiger partial charge in [-0.3, -0.25) is 9.59 Å². The van der Waals surface area contributed by atoms with Gasteiger partial charge in [0.25, 0.3) is 0 Å². The van der Waals surface area contributed by atoms with Gasteiger partial charge in [-0.15, -0.1) is 0 Å². The van der Waals surface area contributed by atoms with Crippen LogP contribution in [-0.2, 0) is 14.3 Å². The summed E-state index contributed by atoms with van der Waals surface area (Å²) in [6, 6.07) is 0. The summed E-state index contributed by atoms with van der Waals surface area (Å²) in [6.45, 7) is 0.604. The Labute approximate surface area is 76.6 Å². The SMILES string of the molecule is O=CNCCC12CCCC(=O)C1O2. The molecule has 0 aromatic carbocycles. The molecule has 2 rings (SSSR count). The minimum Gasteiger partial charge on any atom is -0.359 e. The zero-order valence-corrected chi connectivity index (χ0v) is 7.41. The average Bonchev–Trinajstić information content (AvgIpc) is 2.82. The Bertz CT molecular complexity index is 241. The highest BCUT2D eigenvalue weighted by atomic mass is 16.6. The van der Waals surface area contributed by atoms with Crippen LogP contribution in [0, 0.1) is 0 Å². The van der Waals surface area contributed by atoms with Crippen LogP contribution >= 0.6 is 0 Å². The quantitative estimate of drug-likeness (QED) is 0.379. The first-order valence-corrected chi connectivity index (χ1v) is 4.66. The molecule has 2 fully saturated rings. The number of ketones is 1. The van der Waals surface area contributed by atoms with Crippen molar-refractivity contribution in [1.82, 2.24) is 5.32 Å². The molecule has 2 aliphatic rings. The lowest BCUT2D eigenvalue weighted by atomic mass is 9.86. The molecule has 1 heterocycles. The molecule has 0 bridgehead atoms. The van der Waals surface area contributed by atoms with Gasteiger partial charge in [-0.1, -0.05) is 0 Å². The number of hydrogen-bond acceptors (Lipinski definition) is 3. The van der Waals surface area contributed by atoms with Gasteiger partial charge >= 0.3 is 0 Å². The van der Waals surface area contributed by atoms with Crippen LogP contribution in [0.15, 0.2) is 0 Å². The van der Waals surface area contributed by atoms with Crippen LogP contribution in [0.2, 0.25) is 0 Å². The summed E-state index contributed by atoms with van der Waals surface area (Å²) in [5.74, 6) is 0.234. The van der Waals surface area contributed by atoms with Crippen LogP contribution in [0.25, 0.3) is 0 Å². The van der Waals surface area contributed by atoms with E-state index >= 15 is 0 Å². The van der Waals surface area contributed by atoms with E-state index in [1.165, 1.54) is 0 Å². The number of rotatable bonds is 4. The van der Waals surface area contributed by atoms with E-state index in [0.29, 0.717) is 19.4 Å². The second-order valence-electron chi connectivity index (χ2n) is 3.70. The van der Waals surface area contributed by atoms with Crippen molar-refractivity contribution in [2.75, 3.05) is 6.54 Å². The summed E-state index contributed by atoms with van der Waals surface area (Å²) in [5, 5.41) is 2.59. The molecule has 72 valence electrons. The molecule has 4 nitrogen and oxygen atoms in total. The van der Waals surface area contributed by atoms with Crippen molar-refractivity contribution >= 4 is 12.2 Å². The van der Waals surface area contributed by atoms with E-state index < -0.39 is 0 Å². The Morgan fingerprint density at radius 1 is 1.69 bits per heavy atom. The molecule has 0 aromatic rings. The summed E-state index contributed by atoms with van der Waals surface area (Å²) in [6.07, 6.45) is 3.84. The Hall–Kier alpha value is -0.900. The largest absolute Gasteiger partial charge is 0.359 e. The molecule has 1 aliphatic heterocycles. The van der Waals surface area contributed by atoms with Crippen LogP contribution in [-0.4, -0.2) is 30.4 Å². The van der Waals surface area contributed by atoms with Crippen molar-refractivity contribution in [2.24, 2.45) is 0 Å². The second kappa shape index (κ2) is 3.10. The van der Waals surface area contributed by atoms with Crippen LogP contribution in [0.1, 0.15) is 25.7 Å². The lowest BCUT2D eigenvalue weighted by Crippen LogP contribution is -2.29. The van der Waals surface area contributed by atoms with Gasteiger partial charge in [0.15, 0.2) is 5.78 Å². The number of hydrogen-bond donors (Lipinski definition) is 1. The van der Waals surface area contributed by atoms with Crippen molar-refractivity contribution in [1.29, 1.82) is 0 Å². The van der Waals surface area contributed by atoms with Crippen LogP contribution < -0.4 is 5.32 Å². The number of amides is 1. The van der Waals surface area contributed by atoms with E-state index in [1.54, 1.807) is 0 Å². The van der Waals surface area contributed by atoms with Crippen molar-refractivity contribution in [3.63, 3.8) is 0 Å². The van der Waals surface area contributed by atoms with E-state index in [-0.39, 0.29) is 17.5 Å². The van der Waals surface area contributed by atoms with Crippen molar-refractivity contribution in [2.45, 2.75) is 37.4 Å². The minimum atomic E-state index is -0.203. The molecule has 1 saturated carbocycles. The Kier molecular flexibility index (Phi) is 2.07. The molecule has 4 heteroatoms. The lowest BCUT2D eigenvalue weighted by molar-refractivity contribution is -0.120. The molecule has 13 heavy (non-hydrogen) atoms. The molecule has 1 N–H and O–H groups in total. The average molecular weight is 183 g/mol. The van der Waals surface area contributed by atoms with E-state index in [9.17, 15) is 9.59 Å². The molecule has 1 amide bonds. The minimum absolute atomic E-state index is 0.158. The molecule has 0 radical (unpaired) electrons. The van der Waals surface area contributed by atoms with E-state index in [4.69, 9.17) is 4.74 Å². The van der Waals surface area contributed by atoms with Gasteiger partial charge in [0.05, 0.1) is 0 Å². The van der Waals surface area contributed by atoms with E-state index in [2.05, 4.69) is 5.32 Å². The maximum Gasteiger partial charge on any atom is 0.207 e. The first-order valence-electron chi connectivity index (χ1n) is 4.66. The van der Waals surface area contributed by atoms with Crippen molar-refractivity contribution in [3.8, 4) is 0 Å². The molecule has 1 aliphatic carbocycles. The number of nitrogens with one attached hydrogen (secondary N) is 1. The summed E-state index contributed by atoms with van der Waals surface area (Å²) in [4.78, 5) is 21.3. The fraction of sp³-hybridized carbons (Fsp3) is 0.778. The monoisotopic (exact) mass is 183 g/mol. The third kappa shape index (κ3) is 1.46. The van der Waals surface area contributed by atoms with E-state index in [0.717, 1.165) is 19.3 Å². The Balaban J connectivity index is 1.85. The number of carbonyl (C=O) groups excluding carboxylic acids is 2. The molecule has 0 aromatic heterocycles. The van der Waals surface area contributed by atoms with Gasteiger partial charge in [-0.25, -0.2) is 0 Å². The number of epoxide rings is 1. The summed E-state index contributed by atoms with van der Waals surface area (Å²) < 4.78 is 5.42. The van der Waals surface area contributed by atoms with Crippen LogP contribution in [0.4, 0.5) is 0 Å². The van der Waals surface area contributed by atoms with E-state index in [1.807, 2.05) is 0 Å². The van der Waals surface area contributed by atoms with Gasteiger partial charge < -0.3 is 10.1 Å². The molecule has 2 unspecified atom stereocenters. The van der Waals surface area contributed by atoms with Gasteiger partial charge in [-0.05, 0) is 19.3 Å². The topological polar surface area (TPSA) is 58.7 Å². The van der Waals surface area contributed by atoms with Gasteiger partial charge in [-0.2, -0.15) is 0 Å². The zero-order chi connectivity index (χ0) is 9.31. The maximum atomic E-state index is 11.3. The molecule has 1 saturated heterocycles. The number of fused-ring (bicyclic) bond motifs is 1. The first kappa shape index (κ1) is 8.69. The normalized spacial score (nSPS) is 36.6. The standard InChI is InChI=1S/C9H13NO3/c11-6-10-5-4-9-3-1-2-7(12)8(9)13-9/h6,8H,1-5H2,(H,10,11). The fourth-order valence-electron chi connectivity index (χ4n) is 2.10. The fourth-order valence-corrected chi connectivity index (χ4v) is 2.10. The predicted octanol–water partition coefficient (Wildman–Crippen LogP) is 0.0131. The van der Waals surface area contributed by atoms with Gasteiger partial charge in [0.2, 0.25) is 6.41 Å². The van der Waals surface area contributed by atoms with Crippen molar-refractivity contribution < 1.29 is 14.3 Å². The molecular weight excluding hydrogens is 170 g/mol. The molecule has 2 atom stereocenters. The maximum absolute atomic E-state index is 11.3. The van der Waals surface area contributed by atoms with Gasteiger partial charge in [0, 0.05) is 13.0 Å². The summed E-state index contributed by atoms with van der Waals surface area (Å²) in [5.41, 5.74) is -0.203. The summed E-state index contributed by atoms with van der Waals surface area (Å²) >= 11 is 0.